The van der Waals surface area contributed by atoms with E-state index >= 15 is 0 Å². The Morgan fingerprint density at radius 2 is 1.73 bits per heavy atom. The van der Waals surface area contributed by atoms with E-state index in [1.165, 1.54) is 24.3 Å². The van der Waals surface area contributed by atoms with Crippen molar-refractivity contribution in [2.45, 2.75) is 6.92 Å². The summed E-state index contributed by atoms with van der Waals surface area (Å²) < 4.78 is 14.8. The molecule has 3 rings (SSSR count). The summed E-state index contributed by atoms with van der Waals surface area (Å²) in [6.45, 7) is 1.92. The second-order valence-electron chi connectivity index (χ2n) is 5.01. The Bertz CT molecular complexity index is 839. The molecule has 0 fully saturated rings. The predicted molar refractivity (Wildman–Crippen MR) is 84.5 cm³/mol. The Hall–Kier alpha value is -2.89. The summed E-state index contributed by atoms with van der Waals surface area (Å²) in [5, 5.41) is 5.37. The first kappa shape index (κ1) is 14.1. The van der Waals surface area contributed by atoms with Gasteiger partial charge in [-0.15, -0.1) is 0 Å². The number of nitrogens with zero attached hydrogens (tertiary/aromatic N) is 2. The Morgan fingerprint density at radius 1 is 1.09 bits per heavy atom. The molecule has 0 saturated carbocycles. The fourth-order valence-electron chi connectivity index (χ4n) is 2.22. The van der Waals surface area contributed by atoms with Crippen LogP contribution in [0.5, 0.6) is 0 Å². The van der Waals surface area contributed by atoms with Crippen molar-refractivity contribution < 1.29 is 9.18 Å². The lowest BCUT2D eigenvalue weighted by atomic mass is 10.2. The third-order valence-corrected chi connectivity index (χ3v) is 3.46. The summed E-state index contributed by atoms with van der Waals surface area (Å²) in [5.41, 5.74) is 2.99. The molecule has 0 saturated heterocycles. The Kier molecular flexibility index (Phi) is 3.50. The molecule has 5 nitrogen and oxygen atoms in total. The van der Waals surface area contributed by atoms with E-state index in [1.807, 2.05) is 36.7 Å². The molecule has 0 aliphatic carbocycles. The molecule has 2 aromatic carbocycles. The highest BCUT2D eigenvalue weighted by Gasteiger charge is 2.07. The number of aryl methyl sites for hydroxylation is 2. The van der Waals surface area contributed by atoms with Crippen LogP contribution in [0.4, 0.5) is 20.6 Å². The zero-order valence-electron chi connectivity index (χ0n) is 12.2. The van der Waals surface area contributed by atoms with Gasteiger partial charge in [-0.3, -0.25) is 0 Å². The van der Waals surface area contributed by atoms with E-state index in [2.05, 4.69) is 15.6 Å². The minimum atomic E-state index is -0.390. The van der Waals surface area contributed by atoms with Gasteiger partial charge in [0, 0.05) is 18.4 Å². The van der Waals surface area contributed by atoms with Gasteiger partial charge in [-0.2, -0.15) is 0 Å². The maximum Gasteiger partial charge on any atom is 0.323 e. The molecular formula is C16H15FN4O. The molecule has 0 unspecified atom stereocenters. The van der Waals surface area contributed by atoms with Gasteiger partial charge in [0.1, 0.15) is 11.6 Å². The number of carbonyl (C=O) groups is 1. The Morgan fingerprint density at radius 3 is 2.45 bits per heavy atom. The van der Waals surface area contributed by atoms with E-state index in [9.17, 15) is 9.18 Å². The normalized spacial score (nSPS) is 10.7. The second-order valence-corrected chi connectivity index (χ2v) is 5.01. The molecule has 1 heterocycles. The number of benzene rings is 2. The maximum atomic E-state index is 12.8. The van der Waals surface area contributed by atoms with Crippen LogP contribution in [0, 0.1) is 12.7 Å². The summed E-state index contributed by atoms with van der Waals surface area (Å²) >= 11 is 0. The first-order valence-corrected chi connectivity index (χ1v) is 6.79. The number of amides is 2. The summed E-state index contributed by atoms with van der Waals surface area (Å²) in [5.74, 6) is 0.560. The van der Waals surface area contributed by atoms with Gasteiger partial charge in [0.2, 0.25) is 0 Å². The number of nitrogens with one attached hydrogen (secondary N) is 2. The fraction of sp³-hybridized carbons (Fsp3) is 0.125. The number of carbonyl (C=O) groups excluding carboxylic acids is 1. The number of hydrogen-bond donors (Lipinski definition) is 2. The molecule has 3 aromatic rings. The number of hydrogen-bond acceptors (Lipinski definition) is 2. The minimum Gasteiger partial charge on any atom is -0.331 e. The van der Waals surface area contributed by atoms with Crippen molar-refractivity contribution in [1.82, 2.24) is 9.55 Å². The van der Waals surface area contributed by atoms with Crippen LogP contribution in [-0.4, -0.2) is 15.6 Å². The topological polar surface area (TPSA) is 59.0 Å². The highest BCUT2D eigenvalue weighted by Crippen LogP contribution is 2.19. The molecule has 0 aliphatic rings. The number of anilines is 2. The van der Waals surface area contributed by atoms with Gasteiger partial charge in [-0.05, 0) is 49.4 Å². The van der Waals surface area contributed by atoms with E-state index in [4.69, 9.17) is 0 Å². The SMILES string of the molecule is Cc1nc2cc(NC(=O)Nc3ccc(F)cc3)ccc2n1C. The number of imidazole rings is 1. The smallest absolute Gasteiger partial charge is 0.323 e. The van der Waals surface area contributed by atoms with Gasteiger partial charge in [0.25, 0.3) is 0 Å². The van der Waals surface area contributed by atoms with Crippen LogP contribution in [0.25, 0.3) is 11.0 Å². The number of urea groups is 1. The average Bonchev–Trinajstić information content (AvgIpc) is 2.76. The Balaban J connectivity index is 1.74. The average molecular weight is 298 g/mol. The molecule has 0 atom stereocenters. The molecule has 1 aromatic heterocycles. The van der Waals surface area contributed by atoms with Crippen LogP contribution in [0.1, 0.15) is 5.82 Å². The molecule has 0 bridgehead atoms. The molecule has 6 heteroatoms. The third-order valence-electron chi connectivity index (χ3n) is 3.46. The van der Waals surface area contributed by atoms with Crippen LogP contribution < -0.4 is 10.6 Å². The van der Waals surface area contributed by atoms with Gasteiger partial charge >= 0.3 is 6.03 Å². The molecule has 2 amide bonds. The predicted octanol–water partition coefficient (Wildman–Crippen LogP) is 3.66. The number of fused-ring (bicyclic) bond motifs is 1. The van der Waals surface area contributed by atoms with Gasteiger partial charge < -0.3 is 15.2 Å². The highest BCUT2D eigenvalue weighted by molar-refractivity contribution is 6.00. The van der Waals surface area contributed by atoms with Crippen LogP contribution in [-0.2, 0) is 7.05 Å². The standard InChI is InChI=1S/C16H15FN4O/c1-10-18-14-9-13(7-8-15(14)21(10)2)20-16(22)19-12-5-3-11(17)4-6-12/h3-9H,1-2H3,(H2,19,20,22). The highest BCUT2D eigenvalue weighted by atomic mass is 19.1. The molecule has 112 valence electrons. The summed E-state index contributed by atoms with van der Waals surface area (Å²) in [4.78, 5) is 16.4. The largest absolute Gasteiger partial charge is 0.331 e. The first-order valence-electron chi connectivity index (χ1n) is 6.79. The molecule has 0 radical (unpaired) electrons. The lowest BCUT2D eigenvalue weighted by molar-refractivity contribution is 0.262. The van der Waals surface area contributed by atoms with E-state index in [0.717, 1.165) is 16.9 Å². The molecule has 2 N–H and O–H groups in total. The van der Waals surface area contributed by atoms with Crippen molar-refractivity contribution in [3.8, 4) is 0 Å². The lowest BCUT2D eigenvalue weighted by Crippen LogP contribution is -2.19. The van der Waals surface area contributed by atoms with Crippen molar-refractivity contribution >= 4 is 28.4 Å². The number of aromatic nitrogens is 2. The van der Waals surface area contributed by atoms with Crippen LogP contribution in [0.15, 0.2) is 42.5 Å². The lowest BCUT2D eigenvalue weighted by Gasteiger charge is -2.07. The molecule has 22 heavy (non-hydrogen) atoms. The summed E-state index contributed by atoms with van der Waals surface area (Å²) in [6.07, 6.45) is 0. The van der Waals surface area contributed by atoms with Crippen LogP contribution in [0.3, 0.4) is 0 Å². The first-order chi connectivity index (χ1) is 10.5. The van der Waals surface area contributed by atoms with E-state index < -0.39 is 6.03 Å². The van der Waals surface area contributed by atoms with Gasteiger partial charge in [-0.1, -0.05) is 0 Å². The van der Waals surface area contributed by atoms with E-state index in [0.29, 0.717) is 11.4 Å². The van der Waals surface area contributed by atoms with E-state index in [1.54, 1.807) is 0 Å². The van der Waals surface area contributed by atoms with Crippen molar-refractivity contribution in [3.63, 3.8) is 0 Å². The molecule has 0 aliphatic heterocycles. The summed E-state index contributed by atoms with van der Waals surface area (Å²) in [6, 6.07) is 10.7. The quantitative estimate of drug-likeness (QED) is 0.758. The van der Waals surface area contributed by atoms with Gasteiger partial charge in [0.05, 0.1) is 11.0 Å². The zero-order chi connectivity index (χ0) is 15.7. The van der Waals surface area contributed by atoms with Crippen molar-refractivity contribution in [2.24, 2.45) is 7.05 Å². The monoisotopic (exact) mass is 298 g/mol. The van der Waals surface area contributed by atoms with Crippen molar-refractivity contribution in [3.05, 3.63) is 54.1 Å². The molecular weight excluding hydrogens is 283 g/mol. The summed E-state index contributed by atoms with van der Waals surface area (Å²) in [7, 11) is 1.94. The number of rotatable bonds is 2. The van der Waals surface area contributed by atoms with Crippen molar-refractivity contribution in [2.75, 3.05) is 10.6 Å². The zero-order valence-corrected chi connectivity index (χ0v) is 12.2. The van der Waals surface area contributed by atoms with Crippen LogP contribution >= 0.6 is 0 Å². The van der Waals surface area contributed by atoms with Gasteiger partial charge in [-0.25, -0.2) is 14.2 Å². The molecule has 0 spiro atoms. The van der Waals surface area contributed by atoms with Gasteiger partial charge in [0.15, 0.2) is 0 Å². The number of halogens is 1. The fourth-order valence-corrected chi connectivity index (χ4v) is 2.22. The maximum absolute atomic E-state index is 12.8. The Labute approximate surface area is 126 Å². The van der Waals surface area contributed by atoms with Crippen LogP contribution in [0.2, 0.25) is 0 Å². The second kappa shape index (κ2) is 5.48. The minimum absolute atomic E-state index is 0.345. The third kappa shape index (κ3) is 2.76. The van der Waals surface area contributed by atoms with Crippen molar-refractivity contribution in [1.29, 1.82) is 0 Å². The van der Waals surface area contributed by atoms with E-state index in [-0.39, 0.29) is 5.82 Å².